The number of hydrogen-bond acceptors (Lipinski definition) is 15. The molecule has 21 nitrogen and oxygen atoms in total. The van der Waals surface area contributed by atoms with Crippen molar-refractivity contribution in [2.24, 2.45) is 0 Å². The summed E-state index contributed by atoms with van der Waals surface area (Å²) in [5.74, 6) is -1.33. The SMILES string of the molecule is CC(=O)O.CC(=O)O.CC(=O)O.CC(C)(C)OC(=O)N1CCC(Nc2nc(Cl)ncc2N)C1.CC(C)(C)OC(=O)N1CCC(n2c(-c3ccccc3Cl)nc3cnc(Cl)nc32)C1.O=Cc1ccccc1Cl.[Cu]. The smallest absolute Gasteiger partial charge is 0.410 e. The standard InChI is InChI=1S/C20H21Cl2N5O2.C13H20ClN5O2.C7H5ClO.3C2H4O2.Cu/c1-20(2,3)29-19(28)26-9-8-12(11-26)27-16(13-6-4-5-7-14(13)21)24-15-10-23-18(22)25-17(15)27;1-13(2,3)21-12(20)19-5-4-8(7-19)17-10-9(15)6-16-11(14)18-10;8-7-4-2-1-3-6(7)5-9;3*1-2(3)4;/h4-7,10,12H,8-9,11H2,1-3H3;6,8H,4-5,7,15H2,1-3H3,(H,16,17,18);1-5H;3*1H3,(H,3,4);. The van der Waals surface area contributed by atoms with E-state index in [1.165, 1.54) is 6.20 Å². The number of carboxylic acid groups (broad SMARTS) is 3. The summed E-state index contributed by atoms with van der Waals surface area (Å²) in [4.78, 5) is 86.0. The number of aliphatic carboxylic acids is 3. The summed E-state index contributed by atoms with van der Waals surface area (Å²) < 4.78 is 12.9. The zero-order chi connectivity index (χ0) is 53.8. The second kappa shape index (κ2) is 30.1. The molecule has 2 unspecified atom stereocenters. The summed E-state index contributed by atoms with van der Waals surface area (Å²) in [5.41, 5.74) is 7.76. The Kier molecular flexibility index (Phi) is 26.8. The zero-order valence-electron chi connectivity index (χ0n) is 40.8. The number of nitrogens with two attached hydrogens (primary N) is 1. The van der Waals surface area contributed by atoms with Crippen LogP contribution in [-0.4, -0.2) is 134 Å². The molecule has 26 heteroatoms. The molecule has 2 amide bonds. The Morgan fingerprint density at radius 1 is 0.708 bits per heavy atom. The van der Waals surface area contributed by atoms with E-state index in [1.54, 1.807) is 40.3 Å². The average molecular weight is 1130 g/mol. The fourth-order valence-electron chi connectivity index (χ4n) is 6.11. The van der Waals surface area contributed by atoms with Crippen molar-refractivity contribution in [3.63, 3.8) is 0 Å². The third-order valence-electron chi connectivity index (χ3n) is 8.70. The van der Waals surface area contributed by atoms with Gasteiger partial charge in [-0.3, -0.25) is 19.2 Å². The van der Waals surface area contributed by atoms with E-state index >= 15 is 0 Å². The predicted molar refractivity (Wildman–Crippen MR) is 270 cm³/mol. The number of fused-ring (bicyclic) bond motifs is 1. The summed E-state index contributed by atoms with van der Waals surface area (Å²) in [5, 5.41) is 26.8. The van der Waals surface area contributed by atoms with Crippen molar-refractivity contribution in [3.05, 3.63) is 87.1 Å². The number of ether oxygens (including phenoxy) is 2. The molecule has 0 bridgehead atoms. The first kappa shape index (κ1) is 64.0. The molecule has 2 aromatic carbocycles. The Balaban J connectivity index is 0.000000522. The topological polar surface area (TPSA) is 295 Å². The molecule has 2 fully saturated rings. The predicted octanol–water partition coefficient (Wildman–Crippen LogP) is 9.54. The number of rotatable bonds is 5. The molecule has 5 heterocycles. The van der Waals surface area contributed by atoms with Crippen LogP contribution in [0.2, 0.25) is 20.6 Å². The Morgan fingerprint density at radius 2 is 1.18 bits per heavy atom. The number of carboxylic acids is 3. The van der Waals surface area contributed by atoms with Crippen molar-refractivity contribution in [1.29, 1.82) is 0 Å². The maximum Gasteiger partial charge on any atom is 0.410 e. The number of benzene rings is 2. The molecule has 72 heavy (non-hydrogen) atoms. The number of nitrogens with one attached hydrogen (secondary N) is 1. The molecule has 2 aliphatic rings. The minimum absolute atomic E-state index is 0. The van der Waals surface area contributed by atoms with E-state index in [9.17, 15) is 14.4 Å². The van der Waals surface area contributed by atoms with Gasteiger partial charge in [-0.05, 0) is 95.8 Å². The van der Waals surface area contributed by atoms with Crippen molar-refractivity contribution in [3.8, 4) is 11.4 Å². The van der Waals surface area contributed by atoms with E-state index in [0.717, 1.165) is 45.5 Å². The van der Waals surface area contributed by atoms with Gasteiger partial charge in [-0.25, -0.2) is 24.5 Å². The molecule has 2 saturated heterocycles. The quantitative estimate of drug-likeness (QED) is 0.0621. The van der Waals surface area contributed by atoms with E-state index in [2.05, 4.69) is 25.3 Å². The monoisotopic (exact) mass is 1130 g/mol. The van der Waals surface area contributed by atoms with Crippen LogP contribution >= 0.6 is 46.4 Å². The third-order valence-corrected chi connectivity index (χ3v) is 9.74. The van der Waals surface area contributed by atoms with Crippen molar-refractivity contribution in [2.45, 2.75) is 98.4 Å². The molecular weight excluding hydrogens is 1070 g/mol. The van der Waals surface area contributed by atoms with Gasteiger partial charge in [0.1, 0.15) is 22.5 Å². The number of halogens is 4. The fourth-order valence-corrected chi connectivity index (χ4v) is 6.78. The molecule has 397 valence electrons. The number of anilines is 2. The molecule has 5 aromatic rings. The van der Waals surface area contributed by atoms with Gasteiger partial charge in [0.15, 0.2) is 17.8 Å². The van der Waals surface area contributed by atoms with Crippen LogP contribution < -0.4 is 11.1 Å². The Bertz CT molecular complexity index is 2580. The van der Waals surface area contributed by atoms with Crippen LogP contribution in [0.4, 0.5) is 21.1 Å². The van der Waals surface area contributed by atoms with Crippen molar-refractivity contribution < 1.29 is 70.6 Å². The third kappa shape index (κ3) is 23.5. The van der Waals surface area contributed by atoms with Crippen LogP contribution in [0.25, 0.3) is 22.6 Å². The number of carbonyl (C=O) groups excluding carboxylic acids is 3. The number of nitrogen functional groups attached to an aromatic ring is 1. The number of aldehydes is 1. The molecule has 0 spiro atoms. The van der Waals surface area contributed by atoms with E-state index in [-0.39, 0.29) is 51.9 Å². The van der Waals surface area contributed by atoms with Crippen molar-refractivity contribution >= 4 is 105 Å². The van der Waals surface area contributed by atoms with Gasteiger partial charge in [0, 0.05) is 81.2 Å². The second-order valence-electron chi connectivity index (χ2n) is 17.2. The molecule has 2 aliphatic heterocycles. The fraction of sp³-hybridized carbons (Fsp3) is 0.413. The van der Waals surface area contributed by atoms with Crippen LogP contribution in [0.5, 0.6) is 0 Å². The number of hydrogen-bond donors (Lipinski definition) is 5. The maximum atomic E-state index is 12.5. The van der Waals surface area contributed by atoms with Crippen molar-refractivity contribution in [2.75, 3.05) is 37.2 Å². The summed E-state index contributed by atoms with van der Waals surface area (Å²) in [6.07, 6.45) is 4.70. The number of imidazole rings is 1. The van der Waals surface area contributed by atoms with Gasteiger partial charge in [0.05, 0.1) is 34.2 Å². The zero-order valence-corrected chi connectivity index (χ0v) is 44.8. The summed E-state index contributed by atoms with van der Waals surface area (Å²) in [6.45, 7) is 16.6. The van der Waals surface area contributed by atoms with Crippen LogP contribution in [0.1, 0.15) is 91.6 Å². The van der Waals surface area contributed by atoms with E-state index in [4.69, 9.17) is 96.3 Å². The van der Waals surface area contributed by atoms with Crippen LogP contribution in [0.15, 0.2) is 60.9 Å². The minimum Gasteiger partial charge on any atom is -0.481 e. The average Bonchev–Trinajstić information content (AvgIpc) is 4.01. The molecule has 0 saturated carbocycles. The van der Waals surface area contributed by atoms with Gasteiger partial charge < -0.3 is 50.2 Å². The van der Waals surface area contributed by atoms with Crippen LogP contribution in [-0.2, 0) is 40.9 Å². The van der Waals surface area contributed by atoms with Gasteiger partial charge >= 0.3 is 12.2 Å². The van der Waals surface area contributed by atoms with Crippen LogP contribution in [0.3, 0.4) is 0 Å². The maximum absolute atomic E-state index is 12.5. The Morgan fingerprint density at radius 3 is 1.68 bits per heavy atom. The van der Waals surface area contributed by atoms with E-state index in [0.29, 0.717) is 70.3 Å². The van der Waals surface area contributed by atoms with Gasteiger partial charge in [0.2, 0.25) is 10.6 Å². The first-order valence-corrected chi connectivity index (χ1v) is 23.0. The summed E-state index contributed by atoms with van der Waals surface area (Å²) in [7, 11) is 0. The Labute approximate surface area is 447 Å². The van der Waals surface area contributed by atoms with Gasteiger partial charge in [-0.2, -0.15) is 9.97 Å². The van der Waals surface area contributed by atoms with E-state index < -0.39 is 29.1 Å². The molecular formula is C46H58Cl4CuN10O11. The Hall–Kier alpha value is -6.03. The first-order chi connectivity index (χ1) is 33.0. The number of carbonyl (C=O) groups is 6. The molecule has 2 atom stereocenters. The summed E-state index contributed by atoms with van der Waals surface area (Å²) >= 11 is 23.9. The number of likely N-dealkylation sites (tertiary alicyclic amines) is 2. The number of nitrogens with zero attached hydrogens (tertiary/aromatic N) is 8. The number of amides is 2. The largest absolute Gasteiger partial charge is 0.481 e. The molecule has 7 rings (SSSR count). The first-order valence-electron chi connectivity index (χ1n) is 21.5. The second-order valence-corrected chi connectivity index (χ2v) is 18.7. The van der Waals surface area contributed by atoms with Gasteiger partial charge in [-0.15, -0.1) is 0 Å². The summed E-state index contributed by atoms with van der Waals surface area (Å²) in [6, 6.07) is 14.5. The van der Waals surface area contributed by atoms with Crippen molar-refractivity contribution in [1.82, 2.24) is 39.3 Å². The normalized spacial score (nSPS) is 14.5. The number of aromatic nitrogens is 6. The molecule has 1 radical (unpaired) electrons. The van der Waals surface area contributed by atoms with Crippen LogP contribution in [0, 0.1) is 0 Å². The van der Waals surface area contributed by atoms with Gasteiger partial charge in [0.25, 0.3) is 17.9 Å². The minimum atomic E-state index is -0.833. The molecule has 6 N–H and O–H groups in total. The van der Waals surface area contributed by atoms with Gasteiger partial charge in [-0.1, -0.05) is 53.5 Å². The van der Waals surface area contributed by atoms with E-state index in [1.807, 2.05) is 70.4 Å². The molecule has 3 aromatic heterocycles. The molecule has 0 aliphatic carbocycles.